The standard InChI is InChI=1S/C30H36N4O5.Ac/c1-13(2)30(37)32-11-22-24-18(26(35)16(5)28-29(24)39-12-38-28)9-20-25-23-17(7-14(3)15(4)27(23)36)8-19(33(25)6)21(10-31)34(20)22;/h7,13,19-22,25,35-36H,8-9,11-12H2,1-6H3,(H,32,37);/t19-,20?,21-,22-,25?;/m0./s1. The van der Waals surface area contributed by atoms with Gasteiger partial charge in [0.1, 0.15) is 17.5 Å². The van der Waals surface area contributed by atoms with E-state index in [1.807, 2.05) is 41.7 Å². The van der Waals surface area contributed by atoms with Crippen LogP contribution in [0.2, 0.25) is 0 Å². The molecule has 4 aliphatic heterocycles. The number of amides is 1. The number of nitrogens with zero attached hydrogens (tertiary/aromatic N) is 3. The first-order valence-electron chi connectivity index (χ1n) is 13.7. The van der Waals surface area contributed by atoms with Gasteiger partial charge in [-0.2, -0.15) is 5.26 Å². The van der Waals surface area contributed by atoms with Crippen molar-refractivity contribution in [1.29, 1.82) is 5.26 Å². The summed E-state index contributed by atoms with van der Waals surface area (Å²) < 4.78 is 11.7. The molecule has 10 heteroatoms. The third kappa shape index (κ3) is 4.15. The van der Waals surface area contributed by atoms with E-state index in [0.29, 0.717) is 35.7 Å². The van der Waals surface area contributed by atoms with Crippen LogP contribution < -0.4 is 14.8 Å². The number of piperazine rings is 1. The molecule has 0 saturated carbocycles. The van der Waals surface area contributed by atoms with Gasteiger partial charge in [0, 0.05) is 90.9 Å². The Morgan fingerprint density at radius 3 is 2.48 bits per heavy atom. The molecular formula is C30H36AcN4O5. The van der Waals surface area contributed by atoms with Crippen LogP contribution in [0.1, 0.15) is 64.9 Å². The number of carbonyl (C=O) groups is 1. The van der Waals surface area contributed by atoms with Gasteiger partial charge in [0.25, 0.3) is 0 Å². The Balaban J connectivity index is 0.00000323. The summed E-state index contributed by atoms with van der Waals surface area (Å²) in [5.74, 6) is 1.28. The van der Waals surface area contributed by atoms with Crippen LogP contribution in [-0.2, 0) is 17.6 Å². The molecule has 1 saturated heterocycles. The number of phenolic OH excluding ortho intramolecular Hbond substituents is 2. The Hall–Kier alpha value is -2.04. The maximum absolute atomic E-state index is 12.7. The Morgan fingerprint density at radius 1 is 1.10 bits per heavy atom. The zero-order valence-corrected chi connectivity index (χ0v) is 28.7. The second kappa shape index (κ2) is 10.7. The molecule has 9 nitrogen and oxygen atoms in total. The first kappa shape index (κ1) is 29.5. The average molecular weight is 760 g/mol. The minimum Gasteiger partial charge on any atom is -0.507 e. The Kier molecular flexibility index (Phi) is 7.85. The topological polar surface area (TPSA) is 118 Å². The van der Waals surface area contributed by atoms with Gasteiger partial charge in [0.2, 0.25) is 12.7 Å². The summed E-state index contributed by atoms with van der Waals surface area (Å²) in [6, 6.07) is 3.29. The number of hydrogen-bond donors (Lipinski definition) is 3. The van der Waals surface area contributed by atoms with E-state index in [1.54, 1.807) is 0 Å². The fourth-order valence-corrected chi connectivity index (χ4v) is 7.31. The number of nitriles is 1. The number of rotatable bonds is 3. The van der Waals surface area contributed by atoms with Crippen molar-refractivity contribution in [1.82, 2.24) is 15.1 Å². The first-order valence-corrected chi connectivity index (χ1v) is 13.7. The molecule has 0 aliphatic carbocycles. The fraction of sp³-hybridized carbons (Fsp3) is 0.533. The molecule has 2 unspecified atom stereocenters. The molecule has 2 bridgehead atoms. The van der Waals surface area contributed by atoms with E-state index >= 15 is 0 Å². The van der Waals surface area contributed by atoms with Crippen molar-refractivity contribution in [3.05, 3.63) is 45.0 Å². The molecule has 40 heavy (non-hydrogen) atoms. The Morgan fingerprint density at radius 2 is 1.80 bits per heavy atom. The molecule has 1 radical (unpaired) electrons. The van der Waals surface area contributed by atoms with Gasteiger partial charge in [-0.1, -0.05) is 19.9 Å². The number of carbonyl (C=O) groups excluding carboxylic acids is 1. The van der Waals surface area contributed by atoms with E-state index < -0.39 is 12.1 Å². The second-order valence-electron chi connectivity index (χ2n) is 11.8. The molecule has 4 heterocycles. The SMILES string of the molecule is Cc1cc2c(c(O)c1C)C1C3Cc4c(O)c(C)c5c(c4[C@H](CNC(=O)C(C)C)N3[C@@H](C#N)[C@H](C2)N1C)OCO5.[Ac]. The fourth-order valence-electron chi connectivity index (χ4n) is 7.31. The van der Waals surface area contributed by atoms with E-state index in [9.17, 15) is 20.3 Å². The van der Waals surface area contributed by atoms with Gasteiger partial charge in [-0.25, -0.2) is 0 Å². The van der Waals surface area contributed by atoms with Gasteiger partial charge in [0.05, 0.1) is 18.2 Å². The summed E-state index contributed by atoms with van der Waals surface area (Å²) in [7, 11) is 2.03. The van der Waals surface area contributed by atoms with Crippen molar-refractivity contribution in [2.45, 2.75) is 77.7 Å². The molecule has 0 aromatic heterocycles. The van der Waals surface area contributed by atoms with Crippen LogP contribution in [0.5, 0.6) is 23.0 Å². The summed E-state index contributed by atoms with van der Waals surface area (Å²) >= 11 is 0. The smallest absolute Gasteiger partial charge is 0.231 e. The van der Waals surface area contributed by atoms with E-state index in [2.05, 4.69) is 27.3 Å². The molecule has 6 rings (SSSR count). The summed E-state index contributed by atoms with van der Waals surface area (Å²) in [5.41, 5.74) is 6.01. The van der Waals surface area contributed by atoms with Crippen LogP contribution in [0.4, 0.5) is 0 Å². The van der Waals surface area contributed by atoms with E-state index in [4.69, 9.17) is 9.47 Å². The summed E-state index contributed by atoms with van der Waals surface area (Å²) in [5, 5.41) is 36.6. The van der Waals surface area contributed by atoms with Crippen molar-refractivity contribution < 1.29 is 68.5 Å². The summed E-state index contributed by atoms with van der Waals surface area (Å²) in [6.45, 7) is 9.76. The third-order valence-corrected chi connectivity index (χ3v) is 9.46. The van der Waals surface area contributed by atoms with Crippen molar-refractivity contribution in [2.24, 2.45) is 5.92 Å². The van der Waals surface area contributed by atoms with Crippen LogP contribution >= 0.6 is 0 Å². The van der Waals surface area contributed by atoms with Crippen molar-refractivity contribution >= 4 is 5.91 Å². The van der Waals surface area contributed by atoms with Crippen LogP contribution in [0.3, 0.4) is 0 Å². The molecule has 2 aromatic rings. The second-order valence-corrected chi connectivity index (χ2v) is 11.8. The summed E-state index contributed by atoms with van der Waals surface area (Å²) in [6.07, 6.45) is 1.09. The van der Waals surface area contributed by atoms with Gasteiger partial charge in [-0.15, -0.1) is 0 Å². The first-order chi connectivity index (χ1) is 18.6. The predicted octanol–water partition coefficient (Wildman–Crippen LogP) is 3.30. The molecule has 5 atom stereocenters. The molecule has 209 valence electrons. The number of ether oxygens (including phenoxy) is 2. The molecular weight excluding hydrogens is 723 g/mol. The molecule has 3 N–H and O–H groups in total. The van der Waals surface area contributed by atoms with Gasteiger partial charge >= 0.3 is 0 Å². The van der Waals surface area contributed by atoms with E-state index in [1.165, 1.54) is 0 Å². The van der Waals surface area contributed by atoms with Crippen LogP contribution in [-0.4, -0.2) is 64.4 Å². The van der Waals surface area contributed by atoms with Crippen LogP contribution in [0.15, 0.2) is 6.07 Å². The Labute approximate surface area is 271 Å². The van der Waals surface area contributed by atoms with Gasteiger partial charge in [-0.3, -0.25) is 14.6 Å². The monoisotopic (exact) mass is 759 g/mol. The number of phenols is 2. The molecule has 0 spiro atoms. The van der Waals surface area contributed by atoms with Crippen molar-refractivity contribution in [2.75, 3.05) is 20.4 Å². The number of fused-ring (bicyclic) bond motifs is 9. The number of benzene rings is 2. The minimum atomic E-state index is -0.483. The van der Waals surface area contributed by atoms with Crippen molar-refractivity contribution in [3.63, 3.8) is 0 Å². The number of likely N-dealkylation sites (N-methyl/N-ethyl adjacent to an activating group) is 1. The van der Waals surface area contributed by atoms with Crippen molar-refractivity contribution in [3.8, 4) is 29.1 Å². The normalized spacial score (nSPS) is 26.3. The molecule has 4 aliphatic rings. The third-order valence-electron chi connectivity index (χ3n) is 9.46. The van der Waals surface area contributed by atoms with Crippen LogP contribution in [0.25, 0.3) is 0 Å². The minimum absolute atomic E-state index is 0. The number of aryl methyl sites for hydroxylation is 1. The maximum Gasteiger partial charge on any atom is 0.231 e. The summed E-state index contributed by atoms with van der Waals surface area (Å²) in [4.78, 5) is 17.2. The van der Waals surface area contributed by atoms with Gasteiger partial charge < -0.3 is 25.0 Å². The molecule has 1 fully saturated rings. The number of hydrogen-bond acceptors (Lipinski definition) is 8. The largest absolute Gasteiger partial charge is 0.507 e. The molecule has 2 aromatic carbocycles. The quantitative estimate of drug-likeness (QED) is 0.437. The van der Waals surface area contributed by atoms with E-state index in [0.717, 1.165) is 33.4 Å². The van der Waals surface area contributed by atoms with Gasteiger partial charge in [-0.05, 0) is 57.4 Å². The maximum atomic E-state index is 12.7. The zero-order chi connectivity index (χ0) is 27.9. The van der Waals surface area contributed by atoms with E-state index in [-0.39, 0.29) is 93.1 Å². The molecule has 1 amide bonds. The number of aromatic hydroxyl groups is 2. The van der Waals surface area contributed by atoms with Gasteiger partial charge in [0.15, 0.2) is 11.5 Å². The Bertz CT molecular complexity index is 1440. The average Bonchev–Trinajstić information content (AvgIpc) is 3.39. The van der Waals surface area contributed by atoms with Crippen LogP contribution in [0, 0.1) is 82.1 Å². The number of nitrogens with one attached hydrogen (secondary N) is 1. The predicted molar refractivity (Wildman–Crippen MR) is 144 cm³/mol. The zero-order valence-electron chi connectivity index (χ0n) is 23.9.